The van der Waals surface area contributed by atoms with Crippen LogP contribution in [0.3, 0.4) is 0 Å². The van der Waals surface area contributed by atoms with E-state index in [-0.39, 0.29) is 24.8 Å². The van der Waals surface area contributed by atoms with Crippen LogP contribution in [0, 0.1) is 0 Å². The van der Waals surface area contributed by atoms with Gasteiger partial charge in [-0.2, -0.15) is 0 Å². The van der Waals surface area contributed by atoms with Crippen molar-refractivity contribution >= 4 is 11.8 Å². The second kappa shape index (κ2) is 13.8. The molecule has 0 aliphatic carbocycles. The van der Waals surface area contributed by atoms with E-state index in [9.17, 15) is 9.59 Å². The lowest BCUT2D eigenvalue weighted by molar-refractivity contribution is -0.141. The fourth-order valence-corrected chi connectivity index (χ4v) is 4.43. The monoisotopic (exact) mass is 522 g/mol. The van der Waals surface area contributed by atoms with Gasteiger partial charge in [-0.3, -0.25) is 9.59 Å². The molecule has 0 saturated carbocycles. The first-order valence-corrected chi connectivity index (χ1v) is 13.0. The summed E-state index contributed by atoms with van der Waals surface area (Å²) in [5.41, 5.74) is 3.68. The van der Waals surface area contributed by atoms with Crippen LogP contribution in [0.15, 0.2) is 109 Å². The molecule has 0 radical (unpaired) electrons. The number of nitrogens with zero attached hydrogens (tertiary/aromatic N) is 1. The molecule has 1 atom stereocenters. The fourth-order valence-electron chi connectivity index (χ4n) is 4.43. The highest BCUT2D eigenvalue weighted by Crippen LogP contribution is 2.26. The van der Waals surface area contributed by atoms with Crippen LogP contribution < -0.4 is 14.8 Å². The summed E-state index contributed by atoms with van der Waals surface area (Å²) in [5, 5.41) is 3.05. The average molecular weight is 523 g/mol. The molecule has 0 heterocycles. The quantitative estimate of drug-likeness (QED) is 0.258. The number of aryl methyl sites for hydroxylation is 1. The third kappa shape index (κ3) is 7.71. The van der Waals surface area contributed by atoms with Crippen molar-refractivity contribution in [2.45, 2.75) is 32.0 Å². The van der Waals surface area contributed by atoms with E-state index < -0.39 is 6.04 Å². The Morgan fingerprint density at radius 1 is 0.692 bits per heavy atom. The first-order valence-electron chi connectivity index (χ1n) is 13.0. The summed E-state index contributed by atoms with van der Waals surface area (Å²) in [7, 11) is 3.24. The predicted octanol–water partition coefficient (Wildman–Crippen LogP) is 5.72. The van der Waals surface area contributed by atoms with Gasteiger partial charge >= 0.3 is 0 Å². The minimum absolute atomic E-state index is 0.0943. The summed E-state index contributed by atoms with van der Waals surface area (Å²) in [5.74, 6) is 1.15. The second-order valence-electron chi connectivity index (χ2n) is 9.23. The average Bonchev–Trinajstić information content (AvgIpc) is 3.00. The van der Waals surface area contributed by atoms with Crippen molar-refractivity contribution < 1.29 is 19.1 Å². The van der Waals surface area contributed by atoms with Crippen LogP contribution in [0.4, 0.5) is 0 Å². The number of methoxy groups -OCH3 is 2. The van der Waals surface area contributed by atoms with Crippen LogP contribution >= 0.6 is 0 Å². The van der Waals surface area contributed by atoms with E-state index in [1.54, 1.807) is 19.1 Å². The Hall–Kier alpha value is -4.58. The Morgan fingerprint density at radius 2 is 1.23 bits per heavy atom. The lowest BCUT2D eigenvalue weighted by Crippen LogP contribution is -2.43. The van der Waals surface area contributed by atoms with E-state index in [2.05, 4.69) is 5.32 Å². The number of benzene rings is 4. The van der Waals surface area contributed by atoms with E-state index in [1.165, 1.54) is 0 Å². The molecule has 6 heteroatoms. The summed E-state index contributed by atoms with van der Waals surface area (Å²) in [6.07, 6.45) is 0.878. The predicted molar refractivity (Wildman–Crippen MR) is 152 cm³/mol. The van der Waals surface area contributed by atoms with E-state index in [1.807, 2.05) is 109 Å². The van der Waals surface area contributed by atoms with E-state index >= 15 is 0 Å². The summed E-state index contributed by atoms with van der Waals surface area (Å²) in [4.78, 5) is 29.3. The third-order valence-corrected chi connectivity index (χ3v) is 6.60. The van der Waals surface area contributed by atoms with Gasteiger partial charge in [0.2, 0.25) is 11.8 Å². The molecule has 2 amide bonds. The zero-order valence-corrected chi connectivity index (χ0v) is 22.4. The molecule has 0 aliphatic heterocycles. The van der Waals surface area contributed by atoms with Crippen molar-refractivity contribution in [3.63, 3.8) is 0 Å². The van der Waals surface area contributed by atoms with Crippen LogP contribution in [-0.4, -0.2) is 30.9 Å². The normalized spacial score (nSPS) is 11.3. The molecular formula is C33H34N2O4. The highest BCUT2D eigenvalue weighted by molar-refractivity contribution is 5.88. The van der Waals surface area contributed by atoms with Gasteiger partial charge in [-0.25, -0.2) is 0 Å². The van der Waals surface area contributed by atoms with Crippen LogP contribution in [0.2, 0.25) is 0 Å². The zero-order valence-electron chi connectivity index (χ0n) is 22.4. The number of hydrogen-bond donors (Lipinski definition) is 1. The Morgan fingerprint density at radius 3 is 1.79 bits per heavy atom. The van der Waals surface area contributed by atoms with Crippen LogP contribution in [0.1, 0.15) is 34.7 Å². The number of ether oxygens (including phenoxy) is 2. The van der Waals surface area contributed by atoms with Crippen molar-refractivity contribution in [1.82, 2.24) is 10.2 Å². The second-order valence-corrected chi connectivity index (χ2v) is 9.23. The van der Waals surface area contributed by atoms with Gasteiger partial charge < -0.3 is 19.7 Å². The maximum Gasteiger partial charge on any atom is 0.247 e. The molecule has 0 aromatic heterocycles. The van der Waals surface area contributed by atoms with Crippen molar-refractivity contribution in [3.8, 4) is 11.5 Å². The maximum absolute atomic E-state index is 13.8. The van der Waals surface area contributed by atoms with Gasteiger partial charge in [-0.15, -0.1) is 0 Å². The number of nitrogens with one attached hydrogen (secondary N) is 1. The van der Waals surface area contributed by atoms with Crippen molar-refractivity contribution in [2.75, 3.05) is 14.2 Å². The molecule has 6 nitrogen and oxygen atoms in total. The summed E-state index contributed by atoms with van der Waals surface area (Å²) >= 11 is 0. The highest BCUT2D eigenvalue weighted by Gasteiger charge is 2.31. The fraction of sp³-hybridized carbons (Fsp3) is 0.212. The topological polar surface area (TPSA) is 67.9 Å². The van der Waals surface area contributed by atoms with Gasteiger partial charge in [0.1, 0.15) is 17.5 Å². The van der Waals surface area contributed by atoms with E-state index in [4.69, 9.17) is 9.47 Å². The van der Waals surface area contributed by atoms with E-state index in [0.29, 0.717) is 13.0 Å². The Labute approximate surface area is 230 Å². The molecule has 0 spiro atoms. The number of rotatable bonds is 12. The van der Waals surface area contributed by atoms with Crippen molar-refractivity contribution in [1.29, 1.82) is 0 Å². The Balaban J connectivity index is 1.61. The Kier molecular flexibility index (Phi) is 9.73. The number of amides is 2. The lowest BCUT2D eigenvalue weighted by Gasteiger charge is -2.32. The first-order chi connectivity index (χ1) is 19.1. The molecule has 39 heavy (non-hydrogen) atoms. The van der Waals surface area contributed by atoms with Crippen molar-refractivity contribution in [3.05, 3.63) is 131 Å². The van der Waals surface area contributed by atoms with Crippen molar-refractivity contribution in [2.24, 2.45) is 0 Å². The molecular weight excluding hydrogens is 488 g/mol. The van der Waals surface area contributed by atoms with Gasteiger partial charge in [-0.1, -0.05) is 84.9 Å². The molecule has 0 saturated heterocycles. The first kappa shape index (κ1) is 27.5. The number of hydrogen-bond acceptors (Lipinski definition) is 4. The summed E-state index contributed by atoms with van der Waals surface area (Å²) < 4.78 is 10.5. The van der Waals surface area contributed by atoms with Gasteiger partial charge in [-0.05, 0) is 52.9 Å². The molecule has 4 aromatic rings. The molecule has 0 aliphatic rings. The summed E-state index contributed by atoms with van der Waals surface area (Å²) in [6, 6.07) is 33.7. The molecule has 4 rings (SSSR count). The standard InChI is InChI=1S/C33H34N2O4/c1-38-29-18-13-26(14-19-29)23-34-33(37)32(28-11-7-4-8-12-28)35(24-27-15-20-30(39-2)21-16-27)31(36)22-17-25-9-5-3-6-10-25/h3-16,18-21,32H,17,22-24H2,1-2H3,(H,34,37)/t32-/m0/s1. The van der Waals surface area contributed by atoms with Gasteiger partial charge in [0.05, 0.1) is 14.2 Å². The van der Waals surface area contributed by atoms with Crippen LogP contribution in [-0.2, 0) is 29.1 Å². The Bertz CT molecular complexity index is 1320. The molecule has 4 aromatic carbocycles. The SMILES string of the molecule is COc1ccc(CNC(=O)[C@H](c2ccccc2)N(Cc2ccc(OC)cc2)C(=O)CCc2ccccc2)cc1. The molecule has 0 bridgehead atoms. The number of carbonyl (C=O) groups excluding carboxylic acids is 2. The molecule has 0 unspecified atom stereocenters. The molecule has 0 fully saturated rings. The lowest BCUT2D eigenvalue weighted by atomic mass is 10.0. The van der Waals surface area contributed by atoms with Crippen LogP contribution in [0.25, 0.3) is 0 Å². The number of carbonyl (C=O) groups is 2. The maximum atomic E-state index is 13.8. The molecule has 200 valence electrons. The third-order valence-electron chi connectivity index (χ3n) is 6.60. The highest BCUT2D eigenvalue weighted by atomic mass is 16.5. The van der Waals surface area contributed by atoms with E-state index in [0.717, 1.165) is 33.8 Å². The minimum atomic E-state index is -0.796. The van der Waals surface area contributed by atoms with Gasteiger partial charge in [0.15, 0.2) is 0 Å². The minimum Gasteiger partial charge on any atom is -0.497 e. The molecule has 1 N–H and O–H groups in total. The zero-order chi connectivity index (χ0) is 27.5. The van der Waals surface area contributed by atoms with Gasteiger partial charge in [0.25, 0.3) is 0 Å². The largest absolute Gasteiger partial charge is 0.497 e. The van der Waals surface area contributed by atoms with Gasteiger partial charge in [0, 0.05) is 19.5 Å². The van der Waals surface area contributed by atoms with Crippen LogP contribution in [0.5, 0.6) is 11.5 Å². The summed E-state index contributed by atoms with van der Waals surface area (Å²) in [6.45, 7) is 0.619. The smallest absolute Gasteiger partial charge is 0.247 e.